The number of aromatic nitrogens is 2. The molecule has 1 heterocycles. The standard InChI is InChI=1S/C15H9N3O/c16-10-11-6-8-13(9-7-11)15-17-14(18-19-15)12-4-2-1-3-5-12/h1-9H. The van der Waals surface area contributed by atoms with E-state index in [1.807, 2.05) is 30.3 Å². The van der Waals surface area contributed by atoms with Crippen LogP contribution in [-0.2, 0) is 0 Å². The van der Waals surface area contributed by atoms with Crippen LogP contribution in [0.15, 0.2) is 59.1 Å². The second-order valence-electron chi connectivity index (χ2n) is 3.98. The van der Waals surface area contributed by atoms with Crippen molar-refractivity contribution in [2.75, 3.05) is 0 Å². The zero-order chi connectivity index (χ0) is 13.1. The Balaban J connectivity index is 1.95. The van der Waals surface area contributed by atoms with E-state index in [0.717, 1.165) is 11.1 Å². The first kappa shape index (κ1) is 11.2. The van der Waals surface area contributed by atoms with Crippen molar-refractivity contribution in [1.82, 2.24) is 10.1 Å². The van der Waals surface area contributed by atoms with Crippen molar-refractivity contribution < 1.29 is 4.52 Å². The van der Waals surface area contributed by atoms with Gasteiger partial charge in [0.15, 0.2) is 0 Å². The van der Waals surface area contributed by atoms with E-state index in [-0.39, 0.29) is 0 Å². The Morgan fingerprint density at radius 1 is 0.895 bits per heavy atom. The summed E-state index contributed by atoms with van der Waals surface area (Å²) < 4.78 is 5.23. The molecule has 0 bridgehead atoms. The Hall–Kier alpha value is -2.93. The summed E-state index contributed by atoms with van der Waals surface area (Å²) in [6.07, 6.45) is 0. The average molecular weight is 247 g/mol. The molecule has 90 valence electrons. The summed E-state index contributed by atoms with van der Waals surface area (Å²) in [4.78, 5) is 4.35. The molecule has 19 heavy (non-hydrogen) atoms. The Morgan fingerprint density at radius 2 is 1.63 bits per heavy atom. The van der Waals surface area contributed by atoms with Crippen molar-refractivity contribution in [2.45, 2.75) is 0 Å². The van der Waals surface area contributed by atoms with Crippen molar-refractivity contribution in [3.05, 3.63) is 60.2 Å². The normalized spacial score (nSPS) is 10.1. The first-order valence-corrected chi connectivity index (χ1v) is 5.76. The SMILES string of the molecule is N#Cc1ccc(-c2nc(-c3ccccc3)no2)cc1. The van der Waals surface area contributed by atoms with E-state index in [2.05, 4.69) is 16.2 Å². The molecular weight excluding hydrogens is 238 g/mol. The van der Waals surface area contributed by atoms with Gasteiger partial charge in [0.25, 0.3) is 5.89 Å². The molecule has 0 aliphatic heterocycles. The third-order valence-electron chi connectivity index (χ3n) is 2.72. The fourth-order valence-electron chi connectivity index (χ4n) is 1.73. The minimum atomic E-state index is 0.448. The van der Waals surface area contributed by atoms with E-state index in [1.54, 1.807) is 24.3 Å². The Morgan fingerprint density at radius 3 is 2.32 bits per heavy atom. The van der Waals surface area contributed by atoms with E-state index in [1.165, 1.54) is 0 Å². The van der Waals surface area contributed by atoms with Gasteiger partial charge in [-0.3, -0.25) is 0 Å². The highest BCUT2D eigenvalue weighted by Crippen LogP contribution is 2.22. The number of hydrogen-bond acceptors (Lipinski definition) is 4. The van der Waals surface area contributed by atoms with Gasteiger partial charge in [0.1, 0.15) is 0 Å². The summed E-state index contributed by atoms with van der Waals surface area (Å²) in [7, 11) is 0. The Labute approximate surface area is 109 Å². The lowest BCUT2D eigenvalue weighted by atomic mass is 10.1. The number of nitrogens with zero attached hydrogens (tertiary/aromatic N) is 3. The van der Waals surface area contributed by atoms with Crippen LogP contribution in [0.5, 0.6) is 0 Å². The van der Waals surface area contributed by atoms with Crippen molar-refractivity contribution >= 4 is 0 Å². The number of nitriles is 1. The van der Waals surface area contributed by atoms with E-state index >= 15 is 0 Å². The van der Waals surface area contributed by atoms with Gasteiger partial charge in [0.05, 0.1) is 11.6 Å². The van der Waals surface area contributed by atoms with Crippen LogP contribution in [-0.4, -0.2) is 10.1 Å². The van der Waals surface area contributed by atoms with E-state index in [0.29, 0.717) is 17.3 Å². The maximum absolute atomic E-state index is 8.75. The lowest BCUT2D eigenvalue weighted by molar-refractivity contribution is 0.432. The van der Waals surface area contributed by atoms with Crippen LogP contribution >= 0.6 is 0 Å². The molecule has 3 aromatic rings. The van der Waals surface area contributed by atoms with Crippen LogP contribution in [0.3, 0.4) is 0 Å². The minimum Gasteiger partial charge on any atom is -0.334 e. The molecule has 0 radical (unpaired) electrons. The molecule has 0 spiro atoms. The Kier molecular flexibility index (Phi) is 2.79. The largest absolute Gasteiger partial charge is 0.334 e. The quantitative estimate of drug-likeness (QED) is 0.697. The van der Waals surface area contributed by atoms with E-state index < -0.39 is 0 Å². The number of rotatable bonds is 2. The van der Waals surface area contributed by atoms with E-state index in [4.69, 9.17) is 9.78 Å². The third-order valence-corrected chi connectivity index (χ3v) is 2.72. The molecule has 0 aliphatic carbocycles. The summed E-state index contributed by atoms with van der Waals surface area (Å²) in [6, 6.07) is 18.7. The first-order valence-electron chi connectivity index (χ1n) is 5.76. The van der Waals surface area contributed by atoms with Crippen LogP contribution in [0.25, 0.3) is 22.8 Å². The molecule has 0 atom stereocenters. The number of benzene rings is 2. The molecule has 4 nitrogen and oxygen atoms in total. The fraction of sp³-hybridized carbons (Fsp3) is 0. The predicted octanol–water partition coefficient (Wildman–Crippen LogP) is 3.28. The zero-order valence-electron chi connectivity index (χ0n) is 9.95. The van der Waals surface area contributed by atoms with Gasteiger partial charge in [-0.1, -0.05) is 35.5 Å². The lowest BCUT2D eigenvalue weighted by Gasteiger charge is -1.93. The number of hydrogen-bond donors (Lipinski definition) is 0. The molecule has 0 N–H and O–H groups in total. The molecule has 0 fully saturated rings. The van der Waals surface area contributed by atoms with Crippen LogP contribution in [0, 0.1) is 11.3 Å². The average Bonchev–Trinajstić information content (AvgIpc) is 2.98. The molecule has 0 amide bonds. The molecule has 4 heteroatoms. The summed E-state index contributed by atoms with van der Waals surface area (Å²) in [5, 5.41) is 12.7. The maximum Gasteiger partial charge on any atom is 0.258 e. The monoisotopic (exact) mass is 247 g/mol. The van der Waals surface area contributed by atoms with Gasteiger partial charge in [-0.15, -0.1) is 0 Å². The molecule has 0 saturated carbocycles. The van der Waals surface area contributed by atoms with Gasteiger partial charge in [-0.2, -0.15) is 10.2 Å². The predicted molar refractivity (Wildman–Crippen MR) is 69.9 cm³/mol. The van der Waals surface area contributed by atoms with Gasteiger partial charge < -0.3 is 4.52 Å². The van der Waals surface area contributed by atoms with Crippen molar-refractivity contribution in [2.24, 2.45) is 0 Å². The Bertz CT molecular complexity index is 724. The second kappa shape index (κ2) is 4.75. The lowest BCUT2D eigenvalue weighted by Crippen LogP contribution is -1.81. The fourth-order valence-corrected chi connectivity index (χ4v) is 1.73. The molecule has 0 aliphatic rings. The van der Waals surface area contributed by atoms with Crippen LogP contribution in [0.1, 0.15) is 5.56 Å². The molecule has 1 aromatic heterocycles. The van der Waals surface area contributed by atoms with Crippen molar-refractivity contribution in [3.63, 3.8) is 0 Å². The van der Waals surface area contributed by atoms with Crippen molar-refractivity contribution in [1.29, 1.82) is 5.26 Å². The summed E-state index contributed by atoms with van der Waals surface area (Å²) in [6.45, 7) is 0. The molecular formula is C15H9N3O. The summed E-state index contributed by atoms with van der Waals surface area (Å²) in [5.74, 6) is 1.00. The maximum atomic E-state index is 8.75. The molecule has 2 aromatic carbocycles. The van der Waals surface area contributed by atoms with Crippen LogP contribution in [0.2, 0.25) is 0 Å². The molecule has 3 rings (SSSR count). The van der Waals surface area contributed by atoms with Gasteiger partial charge >= 0.3 is 0 Å². The summed E-state index contributed by atoms with van der Waals surface area (Å²) in [5.41, 5.74) is 2.31. The van der Waals surface area contributed by atoms with Gasteiger partial charge in [-0.25, -0.2) is 0 Å². The van der Waals surface area contributed by atoms with Crippen LogP contribution in [0.4, 0.5) is 0 Å². The first-order chi connectivity index (χ1) is 9.36. The third kappa shape index (κ3) is 2.22. The van der Waals surface area contributed by atoms with E-state index in [9.17, 15) is 0 Å². The molecule has 0 unspecified atom stereocenters. The van der Waals surface area contributed by atoms with Crippen molar-refractivity contribution in [3.8, 4) is 28.9 Å². The highest BCUT2D eigenvalue weighted by atomic mass is 16.5. The topological polar surface area (TPSA) is 62.7 Å². The summed E-state index contributed by atoms with van der Waals surface area (Å²) >= 11 is 0. The van der Waals surface area contributed by atoms with Gasteiger partial charge in [0, 0.05) is 11.1 Å². The van der Waals surface area contributed by atoms with Gasteiger partial charge in [0.2, 0.25) is 5.82 Å². The zero-order valence-corrected chi connectivity index (χ0v) is 9.95. The minimum absolute atomic E-state index is 0.448. The second-order valence-corrected chi connectivity index (χ2v) is 3.98. The van der Waals surface area contributed by atoms with Crippen LogP contribution < -0.4 is 0 Å². The highest BCUT2D eigenvalue weighted by molar-refractivity contribution is 5.60. The smallest absolute Gasteiger partial charge is 0.258 e. The molecule has 0 saturated heterocycles. The van der Waals surface area contributed by atoms with Gasteiger partial charge in [-0.05, 0) is 24.3 Å². The highest BCUT2D eigenvalue weighted by Gasteiger charge is 2.09.